The maximum atomic E-state index is 13.2. The molecule has 0 spiro atoms. The molecular formula is C18H26F2N2O2. The normalized spacial score (nSPS) is 23.2. The molecule has 4 N–H and O–H groups in total. The fraction of sp³-hybridized carbons (Fsp3) is 0.556. The van der Waals surface area contributed by atoms with Crippen LogP contribution in [-0.2, 0) is 11.2 Å². The number of ether oxygens (including phenoxy) is 1. The van der Waals surface area contributed by atoms with Crippen LogP contribution in [0.25, 0.3) is 0 Å². The zero-order valence-electron chi connectivity index (χ0n) is 13.8. The average molecular weight is 340 g/mol. The van der Waals surface area contributed by atoms with Crippen molar-refractivity contribution >= 4 is 0 Å². The lowest BCUT2D eigenvalue weighted by Crippen LogP contribution is -2.45. The summed E-state index contributed by atoms with van der Waals surface area (Å²) >= 11 is 0. The maximum absolute atomic E-state index is 13.2. The Balaban J connectivity index is 1.73. The number of hydrogen-bond acceptors (Lipinski definition) is 4. The van der Waals surface area contributed by atoms with Gasteiger partial charge in [0.05, 0.1) is 18.8 Å². The van der Waals surface area contributed by atoms with Crippen LogP contribution >= 0.6 is 0 Å². The lowest BCUT2D eigenvalue weighted by Gasteiger charge is -2.22. The maximum Gasteiger partial charge on any atom is 0.126 e. The van der Waals surface area contributed by atoms with Gasteiger partial charge >= 0.3 is 0 Å². The fourth-order valence-electron chi connectivity index (χ4n) is 3.06. The van der Waals surface area contributed by atoms with Crippen LogP contribution in [0, 0.1) is 11.6 Å². The molecule has 6 heteroatoms. The summed E-state index contributed by atoms with van der Waals surface area (Å²) < 4.78 is 32.0. The minimum absolute atomic E-state index is 0.216. The first-order chi connectivity index (χ1) is 11.5. The lowest BCUT2D eigenvalue weighted by atomic mass is 10.0. The first kappa shape index (κ1) is 19.0. The first-order valence-electron chi connectivity index (χ1n) is 8.32. The van der Waals surface area contributed by atoms with Crippen molar-refractivity contribution in [3.8, 4) is 0 Å². The summed E-state index contributed by atoms with van der Waals surface area (Å²) in [5.74, 6) is -1.28. The highest BCUT2D eigenvalue weighted by Crippen LogP contribution is 2.22. The Bertz CT molecular complexity index is 522. The van der Waals surface area contributed by atoms with Crippen LogP contribution in [0.1, 0.15) is 24.8 Å². The predicted molar refractivity (Wildman–Crippen MR) is 89.6 cm³/mol. The summed E-state index contributed by atoms with van der Waals surface area (Å²) in [5, 5.41) is 13.5. The van der Waals surface area contributed by atoms with Crippen LogP contribution in [0.4, 0.5) is 8.78 Å². The molecular weight excluding hydrogens is 314 g/mol. The molecule has 0 saturated heterocycles. The van der Waals surface area contributed by atoms with Crippen molar-refractivity contribution in [1.29, 1.82) is 0 Å². The third-order valence-corrected chi connectivity index (χ3v) is 4.34. The van der Waals surface area contributed by atoms with Gasteiger partial charge < -0.3 is 20.9 Å². The highest BCUT2D eigenvalue weighted by Gasteiger charge is 2.26. The Morgan fingerprint density at radius 1 is 1.33 bits per heavy atom. The number of nitrogens with one attached hydrogen (secondary N) is 1. The fourth-order valence-corrected chi connectivity index (χ4v) is 3.06. The van der Waals surface area contributed by atoms with E-state index in [1.165, 1.54) is 12.1 Å². The van der Waals surface area contributed by atoms with Gasteiger partial charge in [0.2, 0.25) is 0 Å². The van der Waals surface area contributed by atoms with Crippen LogP contribution in [-0.4, -0.2) is 42.5 Å². The van der Waals surface area contributed by atoms with E-state index >= 15 is 0 Å². The van der Waals surface area contributed by atoms with Crippen molar-refractivity contribution < 1.29 is 18.6 Å². The molecule has 0 aromatic heterocycles. The number of aliphatic hydroxyl groups excluding tert-OH is 1. The van der Waals surface area contributed by atoms with Gasteiger partial charge in [-0.15, -0.1) is 6.58 Å². The Morgan fingerprint density at radius 2 is 2.04 bits per heavy atom. The van der Waals surface area contributed by atoms with Crippen molar-refractivity contribution in [2.45, 2.75) is 50.0 Å². The highest BCUT2D eigenvalue weighted by molar-refractivity contribution is 5.19. The second-order valence-corrected chi connectivity index (χ2v) is 6.38. The number of hydrogen-bond donors (Lipinski definition) is 3. The third-order valence-electron chi connectivity index (χ3n) is 4.34. The summed E-state index contributed by atoms with van der Waals surface area (Å²) in [7, 11) is 0. The summed E-state index contributed by atoms with van der Waals surface area (Å²) in [6.45, 7) is 4.53. The summed E-state index contributed by atoms with van der Waals surface area (Å²) in [4.78, 5) is 0. The molecule has 24 heavy (non-hydrogen) atoms. The molecule has 1 aromatic carbocycles. The van der Waals surface area contributed by atoms with E-state index in [0.29, 0.717) is 18.7 Å². The summed E-state index contributed by atoms with van der Waals surface area (Å²) in [6, 6.07) is 2.99. The van der Waals surface area contributed by atoms with Gasteiger partial charge in [0, 0.05) is 24.7 Å². The van der Waals surface area contributed by atoms with E-state index in [2.05, 4.69) is 11.9 Å². The van der Waals surface area contributed by atoms with Gasteiger partial charge in [-0.2, -0.15) is 0 Å². The molecule has 0 unspecified atom stereocenters. The van der Waals surface area contributed by atoms with Gasteiger partial charge in [-0.3, -0.25) is 0 Å². The van der Waals surface area contributed by atoms with Crippen molar-refractivity contribution in [2.75, 3.05) is 13.2 Å². The Kier molecular flexibility index (Phi) is 7.30. The molecule has 134 valence electrons. The van der Waals surface area contributed by atoms with Crippen LogP contribution in [0.2, 0.25) is 0 Å². The SMILES string of the molecule is C=CCO[C@H]1CC[C@@H](NC[C@@H](O)[C@@H](N)Cc2cc(F)cc(F)c2)C1. The molecule has 4 atom stereocenters. The van der Waals surface area contributed by atoms with Gasteiger partial charge in [0.25, 0.3) is 0 Å². The molecule has 1 aliphatic carbocycles. The minimum Gasteiger partial charge on any atom is -0.390 e. The molecule has 0 bridgehead atoms. The van der Waals surface area contributed by atoms with Gasteiger partial charge in [-0.25, -0.2) is 8.78 Å². The third kappa shape index (κ3) is 5.94. The zero-order valence-corrected chi connectivity index (χ0v) is 13.8. The number of rotatable bonds is 9. The molecule has 0 radical (unpaired) electrons. The minimum atomic E-state index is -0.788. The Labute approximate surface area is 141 Å². The van der Waals surface area contributed by atoms with E-state index < -0.39 is 23.8 Å². The molecule has 1 aromatic rings. The van der Waals surface area contributed by atoms with E-state index in [1.54, 1.807) is 6.08 Å². The average Bonchev–Trinajstić information content (AvgIpc) is 2.97. The van der Waals surface area contributed by atoms with Crippen molar-refractivity contribution in [2.24, 2.45) is 5.73 Å². The zero-order chi connectivity index (χ0) is 17.5. The standard InChI is InChI=1S/C18H26F2N2O2/c1-2-5-24-16-4-3-15(10-16)22-11-18(23)17(21)8-12-6-13(19)9-14(20)7-12/h2,6-7,9,15-18,22-23H,1,3-5,8,10-11,21H2/t15-,16+,17+,18-/m1/s1. The molecule has 1 fully saturated rings. The number of aliphatic hydroxyl groups is 1. The monoisotopic (exact) mass is 340 g/mol. The molecule has 0 amide bonds. The predicted octanol–water partition coefficient (Wildman–Crippen LogP) is 1.91. The van der Waals surface area contributed by atoms with Gasteiger partial charge in [0.1, 0.15) is 11.6 Å². The van der Waals surface area contributed by atoms with E-state index in [1.807, 2.05) is 0 Å². The molecule has 1 saturated carbocycles. The number of halogens is 2. The van der Waals surface area contributed by atoms with E-state index in [-0.39, 0.29) is 18.6 Å². The lowest BCUT2D eigenvalue weighted by molar-refractivity contribution is 0.0772. The van der Waals surface area contributed by atoms with Gasteiger partial charge in [-0.05, 0) is 43.4 Å². The Morgan fingerprint density at radius 3 is 2.71 bits per heavy atom. The van der Waals surface area contributed by atoms with Crippen molar-refractivity contribution in [3.63, 3.8) is 0 Å². The van der Waals surface area contributed by atoms with Crippen molar-refractivity contribution in [1.82, 2.24) is 5.32 Å². The Hall–Kier alpha value is -1.34. The summed E-state index contributed by atoms with van der Waals surface area (Å²) in [6.07, 6.45) is 4.25. The first-order valence-corrected chi connectivity index (χ1v) is 8.32. The molecule has 2 rings (SSSR count). The second-order valence-electron chi connectivity index (χ2n) is 6.38. The largest absolute Gasteiger partial charge is 0.390 e. The van der Waals surface area contributed by atoms with E-state index in [0.717, 1.165) is 25.3 Å². The number of nitrogens with two attached hydrogens (primary N) is 1. The van der Waals surface area contributed by atoms with E-state index in [4.69, 9.17) is 10.5 Å². The van der Waals surface area contributed by atoms with Crippen LogP contribution < -0.4 is 11.1 Å². The van der Waals surface area contributed by atoms with Crippen LogP contribution in [0.15, 0.2) is 30.9 Å². The van der Waals surface area contributed by atoms with Gasteiger partial charge in [0.15, 0.2) is 0 Å². The quantitative estimate of drug-likeness (QED) is 0.601. The molecule has 0 aliphatic heterocycles. The number of benzene rings is 1. The van der Waals surface area contributed by atoms with Crippen LogP contribution in [0.5, 0.6) is 0 Å². The molecule has 1 aliphatic rings. The topological polar surface area (TPSA) is 67.5 Å². The van der Waals surface area contributed by atoms with Crippen LogP contribution in [0.3, 0.4) is 0 Å². The van der Waals surface area contributed by atoms with E-state index in [9.17, 15) is 13.9 Å². The van der Waals surface area contributed by atoms with Crippen molar-refractivity contribution in [3.05, 3.63) is 48.1 Å². The van der Waals surface area contributed by atoms with Gasteiger partial charge in [-0.1, -0.05) is 6.08 Å². The second kappa shape index (κ2) is 9.22. The highest BCUT2D eigenvalue weighted by atomic mass is 19.1. The molecule has 0 heterocycles. The molecule has 4 nitrogen and oxygen atoms in total. The summed E-state index contributed by atoms with van der Waals surface area (Å²) in [5.41, 5.74) is 6.40. The smallest absolute Gasteiger partial charge is 0.126 e.